The van der Waals surface area contributed by atoms with E-state index < -0.39 is 0 Å². The largest absolute Gasteiger partial charge is 0.331 e. The third-order valence-corrected chi connectivity index (χ3v) is 5.89. The number of aromatic nitrogens is 4. The van der Waals surface area contributed by atoms with Gasteiger partial charge in [0.1, 0.15) is 0 Å². The molecule has 1 amide bonds. The van der Waals surface area contributed by atoms with Crippen molar-refractivity contribution in [3.63, 3.8) is 0 Å². The van der Waals surface area contributed by atoms with Crippen molar-refractivity contribution in [2.24, 2.45) is 0 Å². The summed E-state index contributed by atoms with van der Waals surface area (Å²) in [4.78, 5) is 15.4. The fourth-order valence-corrected chi connectivity index (χ4v) is 4.41. The van der Waals surface area contributed by atoms with E-state index in [1.54, 1.807) is 4.52 Å². The Kier molecular flexibility index (Phi) is 4.46. The molecule has 4 aromatic rings. The minimum Gasteiger partial charge on any atom is -0.331 e. The average molecular weight is 385 g/mol. The van der Waals surface area contributed by atoms with Gasteiger partial charge in [0.05, 0.1) is 12.1 Å². The van der Waals surface area contributed by atoms with Crippen LogP contribution in [0.15, 0.2) is 54.6 Å². The van der Waals surface area contributed by atoms with E-state index in [0.29, 0.717) is 12.2 Å². The van der Waals surface area contributed by atoms with Crippen LogP contribution in [0.3, 0.4) is 0 Å². The summed E-state index contributed by atoms with van der Waals surface area (Å²) in [5.41, 5.74) is 4.58. The minimum absolute atomic E-state index is 0.0764. The number of fused-ring (bicyclic) bond motifs is 3. The molecule has 0 spiro atoms. The van der Waals surface area contributed by atoms with Gasteiger partial charge >= 0.3 is 0 Å². The zero-order valence-electron chi connectivity index (χ0n) is 16.5. The number of pyridine rings is 1. The number of benzene rings is 2. The molecule has 6 nitrogen and oxygen atoms in total. The van der Waals surface area contributed by atoms with Gasteiger partial charge < -0.3 is 4.90 Å². The van der Waals surface area contributed by atoms with Crippen molar-refractivity contribution in [1.29, 1.82) is 0 Å². The van der Waals surface area contributed by atoms with Crippen molar-refractivity contribution in [1.82, 2.24) is 24.9 Å². The molecule has 0 unspecified atom stereocenters. The summed E-state index contributed by atoms with van der Waals surface area (Å²) in [5.74, 6) is 0.0764. The van der Waals surface area contributed by atoms with E-state index in [0.717, 1.165) is 34.9 Å². The summed E-state index contributed by atoms with van der Waals surface area (Å²) in [6.45, 7) is 2.58. The second-order valence-electron chi connectivity index (χ2n) is 7.88. The summed E-state index contributed by atoms with van der Waals surface area (Å²) < 4.78 is 1.78. The molecule has 0 aliphatic heterocycles. The van der Waals surface area contributed by atoms with E-state index in [9.17, 15) is 4.79 Å². The van der Waals surface area contributed by atoms with E-state index in [1.165, 1.54) is 18.4 Å². The van der Waals surface area contributed by atoms with Gasteiger partial charge in [0.25, 0.3) is 5.91 Å². The molecule has 2 aromatic heterocycles. The molecule has 6 heteroatoms. The Balaban J connectivity index is 1.60. The summed E-state index contributed by atoms with van der Waals surface area (Å²) in [7, 11) is 0. The average Bonchev–Trinajstić information content (AvgIpc) is 3.44. The number of carbonyl (C=O) groups excluding carboxylic acids is 1. The van der Waals surface area contributed by atoms with Crippen molar-refractivity contribution in [2.45, 2.75) is 45.2 Å². The first kappa shape index (κ1) is 17.8. The molecule has 1 fully saturated rings. The lowest BCUT2D eigenvalue weighted by Gasteiger charge is -2.29. The van der Waals surface area contributed by atoms with E-state index in [1.807, 2.05) is 41.3 Å². The van der Waals surface area contributed by atoms with E-state index in [2.05, 4.69) is 40.6 Å². The van der Waals surface area contributed by atoms with Crippen LogP contribution in [0.1, 0.15) is 47.2 Å². The third kappa shape index (κ3) is 3.24. The molecule has 1 aliphatic carbocycles. The molecule has 0 atom stereocenters. The Morgan fingerprint density at radius 3 is 2.69 bits per heavy atom. The molecule has 0 N–H and O–H groups in total. The SMILES string of the molecule is Cc1ccc2c(c1)cc(CN(C(=O)c1ccccc1)C1CCCC1)c1nnnn12. The number of amides is 1. The summed E-state index contributed by atoms with van der Waals surface area (Å²) in [6, 6.07) is 18.2. The predicted octanol–water partition coefficient (Wildman–Crippen LogP) is 4.17. The molecule has 2 aromatic carbocycles. The Hall–Kier alpha value is -3.28. The summed E-state index contributed by atoms with van der Waals surface area (Å²) in [6.07, 6.45) is 4.43. The highest BCUT2D eigenvalue weighted by molar-refractivity contribution is 5.94. The standard InChI is InChI=1S/C23H23N5O/c1-16-11-12-21-18(13-16)14-19(22-24-25-26-28(21)22)15-27(20-9-5-6-10-20)23(29)17-7-3-2-4-8-17/h2-4,7-8,11-14,20H,5-6,9-10,15H2,1H3. The summed E-state index contributed by atoms with van der Waals surface area (Å²) in [5, 5.41) is 13.4. The van der Waals surface area contributed by atoms with Crippen molar-refractivity contribution < 1.29 is 4.79 Å². The van der Waals surface area contributed by atoms with Gasteiger partial charge in [-0.1, -0.05) is 42.7 Å². The number of aryl methyl sites for hydroxylation is 1. The van der Waals surface area contributed by atoms with Crippen LogP contribution in [-0.4, -0.2) is 36.9 Å². The molecule has 1 saturated carbocycles. The van der Waals surface area contributed by atoms with Gasteiger partial charge in [0, 0.05) is 22.6 Å². The van der Waals surface area contributed by atoms with Gasteiger partial charge in [-0.05, 0) is 60.5 Å². The zero-order valence-corrected chi connectivity index (χ0v) is 16.5. The normalized spacial score (nSPS) is 14.7. The smallest absolute Gasteiger partial charge is 0.254 e. The molecule has 0 bridgehead atoms. The monoisotopic (exact) mass is 385 g/mol. The van der Waals surface area contributed by atoms with Gasteiger partial charge in [-0.25, -0.2) is 0 Å². The van der Waals surface area contributed by atoms with Crippen LogP contribution in [-0.2, 0) is 6.54 Å². The van der Waals surface area contributed by atoms with Crippen molar-refractivity contribution in [3.05, 3.63) is 71.3 Å². The third-order valence-electron chi connectivity index (χ3n) is 5.89. The lowest BCUT2D eigenvalue weighted by Crippen LogP contribution is -2.38. The van der Waals surface area contributed by atoms with Crippen LogP contribution in [0.5, 0.6) is 0 Å². The van der Waals surface area contributed by atoms with E-state index in [4.69, 9.17) is 0 Å². The molecule has 2 heterocycles. The molecule has 29 heavy (non-hydrogen) atoms. The first-order chi connectivity index (χ1) is 14.2. The Bertz CT molecular complexity index is 1180. The maximum Gasteiger partial charge on any atom is 0.254 e. The molecule has 1 aliphatic rings. The minimum atomic E-state index is 0.0764. The van der Waals surface area contributed by atoms with E-state index >= 15 is 0 Å². The van der Waals surface area contributed by atoms with Gasteiger partial charge in [-0.2, -0.15) is 4.52 Å². The molecule has 0 saturated heterocycles. The maximum atomic E-state index is 13.4. The van der Waals surface area contributed by atoms with Crippen molar-refractivity contribution in [3.8, 4) is 0 Å². The zero-order chi connectivity index (χ0) is 19.8. The molecular weight excluding hydrogens is 362 g/mol. The second-order valence-corrected chi connectivity index (χ2v) is 7.88. The van der Waals surface area contributed by atoms with Crippen molar-refractivity contribution in [2.75, 3.05) is 0 Å². The lowest BCUT2D eigenvalue weighted by molar-refractivity contribution is 0.0665. The Labute approximate surface area is 169 Å². The molecule has 0 radical (unpaired) electrons. The topological polar surface area (TPSA) is 63.4 Å². The first-order valence-electron chi connectivity index (χ1n) is 10.2. The highest BCUT2D eigenvalue weighted by Crippen LogP contribution is 2.28. The number of carbonyl (C=O) groups is 1. The number of rotatable bonds is 4. The quantitative estimate of drug-likeness (QED) is 0.529. The Morgan fingerprint density at radius 2 is 1.90 bits per heavy atom. The van der Waals surface area contributed by atoms with Crippen LogP contribution in [0, 0.1) is 6.92 Å². The van der Waals surface area contributed by atoms with Gasteiger partial charge in [0.15, 0.2) is 5.65 Å². The fourth-order valence-electron chi connectivity index (χ4n) is 4.41. The highest BCUT2D eigenvalue weighted by atomic mass is 16.2. The van der Waals surface area contributed by atoms with Crippen LogP contribution in [0.25, 0.3) is 16.6 Å². The van der Waals surface area contributed by atoms with Crippen LogP contribution in [0.4, 0.5) is 0 Å². The van der Waals surface area contributed by atoms with Crippen LogP contribution in [0.2, 0.25) is 0 Å². The van der Waals surface area contributed by atoms with Gasteiger partial charge in [0.2, 0.25) is 0 Å². The summed E-state index contributed by atoms with van der Waals surface area (Å²) >= 11 is 0. The molecular formula is C23H23N5O. The van der Waals surface area contributed by atoms with Crippen LogP contribution < -0.4 is 0 Å². The lowest BCUT2D eigenvalue weighted by atomic mass is 10.1. The number of tetrazole rings is 1. The molecule has 5 rings (SSSR count). The fraction of sp³-hybridized carbons (Fsp3) is 0.304. The van der Waals surface area contributed by atoms with Crippen LogP contribution >= 0.6 is 0 Å². The predicted molar refractivity (Wildman–Crippen MR) is 112 cm³/mol. The number of hydrogen-bond donors (Lipinski definition) is 0. The number of nitrogens with zero attached hydrogens (tertiary/aromatic N) is 5. The molecule has 146 valence electrons. The second kappa shape index (κ2) is 7.28. The van der Waals surface area contributed by atoms with Gasteiger partial charge in [-0.15, -0.1) is 5.10 Å². The van der Waals surface area contributed by atoms with Crippen molar-refractivity contribution >= 4 is 22.5 Å². The van der Waals surface area contributed by atoms with E-state index in [-0.39, 0.29) is 11.9 Å². The maximum absolute atomic E-state index is 13.4. The highest BCUT2D eigenvalue weighted by Gasteiger charge is 2.28. The number of hydrogen-bond acceptors (Lipinski definition) is 4. The Morgan fingerprint density at radius 1 is 1.10 bits per heavy atom. The van der Waals surface area contributed by atoms with Gasteiger partial charge in [-0.3, -0.25) is 4.79 Å². The first-order valence-corrected chi connectivity index (χ1v) is 10.2.